The van der Waals surface area contributed by atoms with Gasteiger partial charge in [0.25, 0.3) is 0 Å². The minimum absolute atomic E-state index is 0.0190. The first-order chi connectivity index (χ1) is 9.97. The number of hydrogen-bond acceptors (Lipinski definition) is 2. The smallest absolute Gasteiger partial charge is 0.145 e. The van der Waals surface area contributed by atoms with Crippen LogP contribution in [0.1, 0.15) is 19.9 Å². The van der Waals surface area contributed by atoms with Gasteiger partial charge in [0.05, 0.1) is 16.6 Å². The maximum Gasteiger partial charge on any atom is 0.145 e. The summed E-state index contributed by atoms with van der Waals surface area (Å²) in [7, 11) is 0. The number of nitrogens with zero attached hydrogens (tertiary/aromatic N) is 2. The molecule has 5 heteroatoms. The Morgan fingerprint density at radius 3 is 2.43 bits per heavy atom. The van der Waals surface area contributed by atoms with Crippen molar-refractivity contribution in [2.75, 3.05) is 0 Å². The second kappa shape index (κ2) is 4.84. The Labute approximate surface area is 120 Å². The highest BCUT2D eigenvalue weighted by atomic mass is 19.1. The molecule has 0 radical (unpaired) electrons. The molecule has 0 bridgehead atoms. The standard InChI is InChI=1S/C16H14F2N2O/c1-9(2)20-14-8-11(18)3-5-13(14)19-16(20)12-7-10(17)4-6-15(12)21/h3-9,21H,1-2H3. The summed E-state index contributed by atoms with van der Waals surface area (Å²) < 4.78 is 28.7. The first-order valence-corrected chi connectivity index (χ1v) is 6.63. The lowest BCUT2D eigenvalue weighted by Crippen LogP contribution is -2.03. The van der Waals surface area contributed by atoms with Gasteiger partial charge in [-0.2, -0.15) is 0 Å². The first kappa shape index (κ1) is 13.5. The highest BCUT2D eigenvalue weighted by Gasteiger charge is 2.18. The number of rotatable bonds is 2. The molecular formula is C16H14F2N2O. The summed E-state index contributed by atoms with van der Waals surface area (Å²) in [6.45, 7) is 3.84. The zero-order valence-electron chi connectivity index (χ0n) is 11.6. The molecule has 1 N–H and O–H groups in total. The molecule has 2 aromatic carbocycles. The average molecular weight is 288 g/mol. The van der Waals surface area contributed by atoms with E-state index in [1.807, 2.05) is 13.8 Å². The molecule has 0 saturated heterocycles. The maximum absolute atomic E-state index is 13.5. The van der Waals surface area contributed by atoms with Crippen molar-refractivity contribution in [3.63, 3.8) is 0 Å². The Morgan fingerprint density at radius 1 is 1.05 bits per heavy atom. The van der Waals surface area contributed by atoms with Gasteiger partial charge in [-0.05, 0) is 50.2 Å². The van der Waals surface area contributed by atoms with Crippen LogP contribution in [0.15, 0.2) is 36.4 Å². The molecule has 3 rings (SSSR count). The van der Waals surface area contributed by atoms with Crippen molar-refractivity contribution in [3.8, 4) is 17.1 Å². The molecule has 1 aromatic heterocycles. The van der Waals surface area contributed by atoms with Crippen LogP contribution < -0.4 is 0 Å². The molecule has 108 valence electrons. The van der Waals surface area contributed by atoms with E-state index in [1.165, 1.54) is 30.3 Å². The van der Waals surface area contributed by atoms with Crippen LogP contribution in [-0.2, 0) is 0 Å². The van der Waals surface area contributed by atoms with Crippen LogP contribution in [-0.4, -0.2) is 14.7 Å². The minimum Gasteiger partial charge on any atom is -0.507 e. The lowest BCUT2D eigenvalue weighted by molar-refractivity contribution is 0.474. The fourth-order valence-electron chi connectivity index (χ4n) is 2.47. The third-order valence-electron chi connectivity index (χ3n) is 3.37. The molecule has 0 amide bonds. The summed E-state index contributed by atoms with van der Waals surface area (Å²) in [4.78, 5) is 4.42. The van der Waals surface area contributed by atoms with Gasteiger partial charge >= 0.3 is 0 Å². The summed E-state index contributed by atoms with van der Waals surface area (Å²) >= 11 is 0. The molecule has 1 heterocycles. The summed E-state index contributed by atoms with van der Waals surface area (Å²) in [6.07, 6.45) is 0. The number of aromatic hydroxyl groups is 1. The Morgan fingerprint density at radius 2 is 1.71 bits per heavy atom. The van der Waals surface area contributed by atoms with Crippen LogP contribution >= 0.6 is 0 Å². The van der Waals surface area contributed by atoms with E-state index in [4.69, 9.17) is 0 Å². The average Bonchev–Trinajstić information content (AvgIpc) is 2.79. The minimum atomic E-state index is -0.462. The monoisotopic (exact) mass is 288 g/mol. The van der Waals surface area contributed by atoms with E-state index < -0.39 is 5.82 Å². The van der Waals surface area contributed by atoms with E-state index in [9.17, 15) is 13.9 Å². The summed E-state index contributed by atoms with van der Waals surface area (Å²) in [5.74, 6) is -0.465. The van der Waals surface area contributed by atoms with Crippen molar-refractivity contribution in [2.45, 2.75) is 19.9 Å². The number of imidazole rings is 1. The molecule has 3 aromatic rings. The number of benzene rings is 2. The van der Waals surface area contributed by atoms with E-state index in [0.717, 1.165) is 0 Å². The van der Waals surface area contributed by atoms with Crippen LogP contribution in [0, 0.1) is 11.6 Å². The van der Waals surface area contributed by atoms with Crippen LogP contribution in [0.5, 0.6) is 5.75 Å². The Balaban J connectivity index is 2.36. The van der Waals surface area contributed by atoms with Crippen LogP contribution in [0.3, 0.4) is 0 Å². The molecular weight excluding hydrogens is 274 g/mol. The number of phenolic OH excluding ortho intramolecular Hbond substituents is 1. The van der Waals surface area contributed by atoms with Crippen LogP contribution in [0.2, 0.25) is 0 Å². The van der Waals surface area contributed by atoms with Crippen LogP contribution in [0.4, 0.5) is 8.78 Å². The Kier molecular flexibility index (Phi) is 3.12. The molecule has 0 atom stereocenters. The molecule has 0 saturated carbocycles. The molecule has 0 spiro atoms. The third-order valence-corrected chi connectivity index (χ3v) is 3.37. The normalized spacial score (nSPS) is 11.5. The van der Waals surface area contributed by atoms with E-state index in [1.54, 1.807) is 10.6 Å². The number of fused-ring (bicyclic) bond motifs is 1. The second-order valence-corrected chi connectivity index (χ2v) is 5.19. The van der Waals surface area contributed by atoms with E-state index >= 15 is 0 Å². The SMILES string of the molecule is CC(C)n1c(-c2cc(F)ccc2O)nc2ccc(F)cc21. The van der Waals surface area contributed by atoms with Crippen molar-refractivity contribution in [1.82, 2.24) is 9.55 Å². The van der Waals surface area contributed by atoms with Gasteiger partial charge in [-0.3, -0.25) is 0 Å². The molecule has 0 aliphatic carbocycles. The Hall–Kier alpha value is -2.43. The molecule has 21 heavy (non-hydrogen) atoms. The van der Waals surface area contributed by atoms with Gasteiger partial charge in [0, 0.05) is 6.04 Å². The summed E-state index contributed by atoms with van der Waals surface area (Å²) in [5.41, 5.74) is 1.51. The van der Waals surface area contributed by atoms with Gasteiger partial charge in [-0.15, -0.1) is 0 Å². The maximum atomic E-state index is 13.5. The molecule has 0 unspecified atom stereocenters. The highest BCUT2D eigenvalue weighted by molar-refractivity contribution is 5.82. The van der Waals surface area contributed by atoms with Gasteiger partial charge < -0.3 is 9.67 Å². The molecule has 0 fully saturated rings. The fourth-order valence-corrected chi connectivity index (χ4v) is 2.47. The van der Waals surface area contributed by atoms with Gasteiger partial charge in [0.15, 0.2) is 0 Å². The molecule has 0 aliphatic heterocycles. The van der Waals surface area contributed by atoms with Crippen LogP contribution in [0.25, 0.3) is 22.4 Å². The second-order valence-electron chi connectivity index (χ2n) is 5.19. The van der Waals surface area contributed by atoms with Crippen molar-refractivity contribution < 1.29 is 13.9 Å². The number of halogens is 2. The van der Waals surface area contributed by atoms with E-state index in [-0.39, 0.29) is 17.6 Å². The van der Waals surface area contributed by atoms with Gasteiger partial charge in [0.1, 0.15) is 23.2 Å². The van der Waals surface area contributed by atoms with Crippen molar-refractivity contribution in [3.05, 3.63) is 48.0 Å². The molecule has 3 nitrogen and oxygen atoms in total. The summed E-state index contributed by atoms with van der Waals surface area (Å²) in [6, 6.07) is 7.97. The quantitative estimate of drug-likeness (QED) is 0.764. The summed E-state index contributed by atoms with van der Waals surface area (Å²) in [5, 5.41) is 9.98. The number of phenols is 1. The predicted molar refractivity (Wildman–Crippen MR) is 77.1 cm³/mol. The molecule has 0 aliphatic rings. The van der Waals surface area contributed by atoms with Crippen molar-refractivity contribution in [1.29, 1.82) is 0 Å². The topological polar surface area (TPSA) is 38.0 Å². The van der Waals surface area contributed by atoms with Crippen molar-refractivity contribution >= 4 is 11.0 Å². The van der Waals surface area contributed by atoms with Crippen molar-refractivity contribution in [2.24, 2.45) is 0 Å². The van der Waals surface area contributed by atoms with Gasteiger partial charge in [-0.1, -0.05) is 0 Å². The zero-order chi connectivity index (χ0) is 15.1. The largest absolute Gasteiger partial charge is 0.507 e. The zero-order valence-corrected chi connectivity index (χ0v) is 11.6. The lowest BCUT2D eigenvalue weighted by atomic mass is 10.1. The lowest BCUT2D eigenvalue weighted by Gasteiger charge is -2.14. The number of hydrogen-bond donors (Lipinski definition) is 1. The fraction of sp³-hybridized carbons (Fsp3) is 0.188. The third kappa shape index (κ3) is 2.24. The highest BCUT2D eigenvalue weighted by Crippen LogP contribution is 2.34. The first-order valence-electron chi connectivity index (χ1n) is 6.63. The predicted octanol–water partition coefficient (Wildman–Crippen LogP) is 4.27. The Bertz CT molecular complexity index is 825. The van der Waals surface area contributed by atoms with Gasteiger partial charge in [0.2, 0.25) is 0 Å². The van der Waals surface area contributed by atoms with E-state index in [0.29, 0.717) is 22.4 Å². The van der Waals surface area contributed by atoms with E-state index in [2.05, 4.69) is 4.98 Å². The number of aromatic nitrogens is 2. The van der Waals surface area contributed by atoms with Gasteiger partial charge in [-0.25, -0.2) is 13.8 Å².